The minimum Gasteiger partial charge on any atom is -0.398 e. The Kier molecular flexibility index (Phi) is 4.88. The quantitative estimate of drug-likeness (QED) is 0.849. The van der Waals surface area contributed by atoms with Crippen LogP contribution in [0.4, 0.5) is 5.69 Å². The van der Waals surface area contributed by atoms with Crippen molar-refractivity contribution in [1.29, 1.82) is 0 Å². The summed E-state index contributed by atoms with van der Waals surface area (Å²) in [4.78, 5) is 11.9. The van der Waals surface area contributed by atoms with Crippen LogP contribution in [0.25, 0.3) is 0 Å². The van der Waals surface area contributed by atoms with E-state index in [1.165, 1.54) is 0 Å². The molecule has 0 saturated carbocycles. The van der Waals surface area contributed by atoms with Gasteiger partial charge in [0.15, 0.2) is 0 Å². The lowest BCUT2D eigenvalue weighted by Gasteiger charge is -2.07. The topological polar surface area (TPSA) is 55.1 Å². The highest BCUT2D eigenvalue weighted by molar-refractivity contribution is 6.33. The molecule has 0 saturated heterocycles. The molecule has 1 amide bonds. The van der Waals surface area contributed by atoms with Crippen molar-refractivity contribution >= 4 is 34.8 Å². The predicted octanol–water partition coefficient (Wildman–Crippen LogP) is 3.55. The number of anilines is 1. The van der Waals surface area contributed by atoms with E-state index >= 15 is 0 Å². The number of halogens is 2. The van der Waals surface area contributed by atoms with Gasteiger partial charge in [-0.3, -0.25) is 4.79 Å². The highest BCUT2D eigenvalue weighted by Crippen LogP contribution is 2.19. The van der Waals surface area contributed by atoms with Crippen LogP contribution in [-0.4, -0.2) is 12.5 Å². The number of hydrogen-bond donors (Lipinski definition) is 2. The van der Waals surface area contributed by atoms with Crippen molar-refractivity contribution in [2.75, 3.05) is 12.3 Å². The van der Waals surface area contributed by atoms with Gasteiger partial charge >= 0.3 is 0 Å². The molecule has 0 aliphatic carbocycles. The Morgan fingerprint density at radius 2 is 1.80 bits per heavy atom. The number of carbonyl (C=O) groups is 1. The van der Waals surface area contributed by atoms with Crippen LogP contribution in [0.1, 0.15) is 15.9 Å². The summed E-state index contributed by atoms with van der Waals surface area (Å²) >= 11 is 11.6. The van der Waals surface area contributed by atoms with Crippen LogP contribution in [0.15, 0.2) is 42.5 Å². The molecule has 0 aromatic heterocycles. The van der Waals surface area contributed by atoms with E-state index in [1.807, 2.05) is 24.3 Å². The van der Waals surface area contributed by atoms with Gasteiger partial charge in [-0.1, -0.05) is 35.3 Å². The van der Waals surface area contributed by atoms with E-state index in [0.29, 0.717) is 27.8 Å². The highest BCUT2D eigenvalue weighted by Gasteiger charge is 2.06. The molecular weight excluding hydrogens is 295 g/mol. The summed E-state index contributed by atoms with van der Waals surface area (Å²) in [7, 11) is 0. The number of benzene rings is 2. The highest BCUT2D eigenvalue weighted by atomic mass is 35.5. The molecule has 0 unspecified atom stereocenters. The average molecular weight is 309 g/mol. The van der Waals surface area contributed by atoms with E-state index in [1.54, 1.807) is 18.2 Å². The van der Waals surface area contributed by atoms with Crippen molar-refractivity contribution in [3.05, 3.63) is 63.6 Å². The molecule has 0 fully saturated rings. The van der Waals surface area contributed by atoms with Crippen LogP contribution in [0.5, 0.6) is 0 Å². The normalized spacial score (nSPS) is 10.3. The monoisotopic (exact) mass is 308 g/mol. The summed E-state index contributed by atoms with van der Waals surface area (Å²) in [5, 5.41) is 3.99. The SMILES string of the molecule is Nc1cc(C(=O)NCCc2ccc(Cl)cc2)ccc1Cl. The molecule has 2 aromatic carbocycles. The van der Waals surface area contributed by atoms with Crippen LogP contribution in [-0.2, 0) is 6.42 Å². The number of amides is 1. The Morgan fingerprint density at radius 1 is 1.10 bits per heavy atom. The van der Waals surface area contributed by atoms with Gasteiger partial charge in [-0.05, 0) is 42.3 Å². The molecule has 0 bridgehead atoms. The number of nitrogen functional groups attached to an aromatic ring is 1. The summed E-state index contributed by atoms with van der Waals surface area (Å²) in [6.07, 6.45) is 0.742. The van der Waals surface area contributed by atoms with Crippen molar-refractivity contribution < 1.29 is 4.79 Å². The van der Waals surface area contributed by atoms with Gasteiger partial charge in [0, 0.05) is 17.1 Å². The largest absolute Gasteiger partial charge is 0.398 e. The number of hydrogen-bond acceptors (Lipinski definition) is 2. The molecule has 0 heterocycles. The van der Waals surface area contributed by atoms with E-state index < -0.39 is 0 Å². The van der Waals surface area contributed by atoms with Crippen molar-refractivity contribution in [2.24, 2.45) is 0 Å². The second-order valence-corrected chi connectivity index (χ2v) is 5.21. The zero-order valence-corrected chi connectivity index (χ0v) is 12.2. The first-order valence-corrected chi connectivity index (χ1v) is 6.89. The number of rotatable bonds is 4. The van der Waals surface area contributed by atoms with E-state index in [0.717, 1.165) is 12.0 Å². The lowest BCUT2D eigenvalue weighted by Crippen LogP contribution is -2.25. The summed E-state index contributed by atoms with van der Waals surface area (Å²) in [6.45, 7) is 0.545. The Morgan fingerprint density at radius 3 is 2.45 bits per heavy atom. The van der Waals surface area contributed by atoms with E-state index in [-0.39, 0.29) is 5.91 Å². The second-order valence-electron chi connectivity index (χ2n) is 4.37. The first kappa shape index (κ1) is 14.7. The molecule has 20 heavy (non-hydrogen) atoms. The van der Waals surface area contributed by atoms with Gasteiger partial charge in [0.05, 0.1) is 10.7 Å². The summed E-state index contributed by atoms with van der Waals surface area (Å²) in [5.41, 5.74) is 7.69. The van der Waals surface area contributed by atoms with Gasteiger partial charge in [-0.2, -0.15) is 0 Å². The van der Waals surface area contributed by atoms with Crippen LogP contribution >= 0.6 is 23.2 Å². The van der Waals surface area contributed by atoms with Crippen LogP contribution in [0, 0.1) is 0 Å². The molecule has 3 N–H and O–H groups in total. The Balaban J connectivity index is 1.88. The predicted molar refractivity (Wildman–Crippen MR) is 83.4 cm³/mol. The first-order chi connectivity index (χ1) is 9.56. The van der Waals surface area contributed by atoms with Crippen LogP contribution < -0.4 is 11.1 Å². The summed E-state index contributed by atoms with van der Waals surface area (Å²) < 4.78 is 0. The minimum atomic E-state index is -0.165. The average Bonchev–Trinajstić information content (AvgIpc) is 2.44. The zero-order chi connectivity index (χ0) is 14.5. The van der Waals surface area contributed by atoms with E-state index in [4.69, 9.17) is 28.9 Å². The maximum atomic E-state index is 11.9. The smallest absolute Gasteiger partial charge is 0.251 e. The van der Waals surface area contributed by atoms with Gasteiger partial charge in [0.2, 0.25) is 0 Å². The molecule has 0 spiro atoms. The number of nitrogens with two attached hydrogens (primary N) is 1. The molecule has 0 radical (unpaired) electrons. The van der Waals surface area contributed by atoms with Crippen LogP contribution in [0.3, 0.4) is 0 Å². The lowest BCUT2D eigenvalue weighted by atomic mass is 10.1. The third-order valence-corrected chi connectivity index (χ3v) is 3.47. The lowest BCUT2D eigenvalue weighted by molar-refractivity contribution is 0.0954. The molecule has 2 aromatic rings. The Hall–Kier alpha value is -1.71. The van der Waals surface area contributed by atoms with Gasteiger partial charge in [-0.15, -0.1) is 0 Å². The zero-order valence-electron chi connectivity index (χ0n) is 10.7. The van der Waals surface area contributed by atoms with Crippen LogP contribution in [0.2, 0.25) is 10.0 Å². The minimum absolute atomic E-state index is 0.165. The number of carbonyl (C=O) groups excluding carboxylic acids is 1. The fourth-order valence-corrected chi connectivity index (χ4v) is 2.00. The van der Waals surface area contributed by atoms with Gasteiger partial charge in [-0.25, -0.2) is 0 Å². The van der Waals surface area contributed by atoms with E-state index in [9.17, 15) is 4.79 Å². The molecule has 0 aliphatic heterocycles. The van der Waals surface area contributed by atoms with Crippen molar-refractivity contribution in [1.82, 2.24) is 5.32 Å². The third kappa shape index (κ3) is 3.89. The third-order valence-electron chi connectivity index (χ3n) is 2.87. The summed E-state index contributed by atoms with van der Waals surface area (Å²) in [6, 6.07) is 12.4. The summed E-state index contributed by atoms with van der Waals surface area (Å²) in [5.74, 6) is -0.165. The fourth-order valence-electron chi connectivity index (χ4n) is 1.76. The molecule has 5 heteroatoms. The number of nitrogens with one attached hydrogen (secondary N) is 1. The molecule has 104 valence electrons. The Bertz CT molecular complexity index is 612. The van der Waals surface area contributed by atoms with Crippen molar-refractivity contribution in [3.8, 4) is 0 Å². The van der Waals surface area contributed by atoms with Gasteiger partial charge in [0.1, 0.15) is 0 Å². The van der Waals surface area contributed by atoms with Gasteiger partial charge < -0.3 is 11.1 Å². The Labute approximate surface area is 127 Å². The standard InChI is InChI=1S/C15H14Cl2N2O/c16-12-4-1-10(2-5-12)7-8-19-15(20)11-3-6-13(17)14(18)9-11/h1-6,9H,7-8,18H2,(H,19,20). The molecular formula is C15H14Cl2N2O. The molecule has 2 rings (SSSR count). The molecule has 3 nitrogen and oxygen atoms in total. The van der Waals surface area contributed by atoms with Crippen molar-refractivity contribution in [2.45, 2.75) is 6.42 Å². The van der Waals surface area contributed by atoms with Crippen molar-refractivity contribution in [3.63, 3.8) is 0 Å². The maximum absolute atomic E-state index is 11.9. The molecule has 0 atom stereocenters. The second kappa shape index (κ2) is 6.64. The van der Waals surface area contributed by atoms with Gasteiger partial charge in [0.25, 0.3) is 5.91 Å². The van der Waals surface area contributed by atoms with E-state index in [2.05, 4.69) is 5.32 Å². The maximum Gasteiger partial charge on any atom is 0.251 e. The first-order valence-electron chi connectivity index (χ1n) is 6.14. The fraction of sp³-hybridized carbons (Fsp3) is 0.133. The molecule has 0 aliphatic rings.